The summed E-state index contributed by atoms with van der Waals surface area (Å²) in [5.74, 6) is 1.08. The molecule has 20 heavy (non-hydrogen) atoms. The highest BCUT2D eigenvalue weighted by Crippen LogP contribution is 2.34. The summed E-state index contributed by atoms with van der Waals surface area (Å²) in [6.45, 7) is 5.57. The lowest BCUT2D eigenvalue weighted by Gasteiger charge is -2.17. The van der Waals surface area contributed by atoms with Gasteiger partial charge in [0.25, 0.3) is 0 Å². The molecule has 1 unspecified atom stereocenters. The summed E-state index contributed by atoms with van der Waals surface area (Å²) in [5.41, 5.74) is 0. The second-order valence-electron chi connectivity index (χ2n) is 6.78. The van der Waals surface area contributed by atoms with Gasteiger partial charge in [0.15, 0.2) is 0 Å². The summed E-state index contributed by atoms with van der Waals surface area (Å²) in [4.78, 5) is 0. The molecule has 0 spiro atoms. The van der Waals surface area contributed by atoms with Crippen LogP contribution in [-0.2, 0) is 4.74 Å². The summed E-state index contributed by atoms with van der Waals surface area (Å²) >= 11 is 0. The van der Waals surface area contributed by atoms with Crippen molar-refractivity contribution >= 4 is 0 Å². The fourth-order valence-corrected chi connectivity index (χ4v) is 2.92. The van der Waals surface area contributed by atoms with Gasteiger partial charge in [-0.15, -0.1) is 0 Å². The van der Waals surface area contributed by atoms with Crippen LogP contribution in [-0.4, -0.2) is 12.7 Å². The Morgan fingerprint density at radius 1 is 0.800 bits per heavy atom. The zero-order valence-electron chi connectivity index (χ0n) is 14.2. The normalized spacial score (nSPS) is 16.5. The predicted molar refractivity (Wildman–Crippen MR) is 89.2 cm³/mol. The van der Waals surface area contributed by atoms with Gasteiger partial charge in [0, 0.05) is 6.61 Å². The van der Waals surface area contributed by atoms with Crippen molar-refractivity contribution < 1.29 is 4.74 Å². The van der Waals surface area contributed by atoms with Gasteiger partial charge in [-0.1, -0.05) is 84.5 Å². The van der Waals surface area contributed by atoms with Crippen molar-refractivity contribution in [2.45, 2.75) is 110 Å². The summed E-state index contributed by atoms with van der Waals surface area (Å²) < 4.78 is 6.15. The van der Waals surface area contributed by atoms with E-state index in [0.29, 0.717) is 6.10 Å². The zero-order valence-corrected chi connectivity index (χ0v) is 14.2. The lowest BCUT2D eigenvalue weighted by atomic mass is 10.0. The van der Waals surface area contributed by atoms with Crippen molar-refractivity contribution in [3.8, 4) is 0 Å². The molecule has 0 radical (unpaired) electrons. The van der Waals surface area contributed by atoms with E-state index in [1.54, 1.807) is 0 Å². The Morgan fingerprint density at radius 3 is 2.15 bits per heavy atom. The number of ether oxygens (including phenoxy) is 1. The minimum Gasteiger partial charge on any atom is -0.378 e. The fourth-order valence-electron chi connectivity index (χ4n) is 2.92. The third kappa shape index (κ3) is 10.7. The molecule has 120 valence electrons. The number of unbranched alkanes of at least 4 members (excludes halogenated alkanes) is 6. The van der Waals surface area contributed by atoms with Crippen molar-refractivity contribution in [3.63, 3.8) is 0 Å². The molecule has 0 N–H and O–H groups in total. The number of hydrogen-bond donors (Lipinski definition) is 0. The van der Waals surface area contributed by atoms with Gasteiger partial charge in [0.1, 0.15) is 0 Å². The Bertz CT molecular complexity index is 198. The van der Waals surface area contributed by atoms with Crippen LogP contribution in [0.15, 0.2) is 0 Å². The Balaban J connectivity index is 1.96. The first-order valence-electron chi connectivity index (χ1n) is 9.48. The largest absolute Gasteiger partial charge is 0.378 e. The van der Waals surface area contributed by atoms with E-state index < -0.39 is 0 Å². The minimum absolute atomic E-state index is 0.560. The molecule has 0 bridgehead atoms. The molecule has 1 aliphatic carbocycles. The molecule has 1 atom stereocenters. The van der Waals surface area contributed by atoms with Crippen LogP contribution in [0, 0.1) is 5.92 Å². The van der Waals surface area contributed by atoms with Crippen molar-refractivity contribution in [1.82, 2.24) is 0 Å². The van der Waals surface area contributed by atoms with Crippen LogP contribution in [0.5, 0.6) is 0 Å². The van der Waals surface area contributed by atoms with E-state index in [9.17, 15) is 0 Å². The van der Waals surface area contributed by atoms with Gasteiger partial charge in [0.05, 0.1) is 6.10 Å². The van der Waals surface area contributed by atoms with Crippen molar-refractivity contribution in [1.29, 1.82) is 0 Å². The van der Waals surface area contributed by atoms with Crippen LogP contribution in [0.3, 0.4) is 0 Å². The maximum absolute atomic E-state index is 6.15. The molecule has 1 heteroatoms. The average Bonchev–Trinajstić information content (AvgIpc) is 3.27. The predicted octanol–water partition coefficient (Wildman–Crippen LogP) is 6.50. The Kier molecular flexibility index (Phi) is 11.4. The van der Waals surface area contributed by atoms with Gasteiger partial charge in [0.2, 0.25) is 0 Å². The highest BCUT2D eigenvalue weighted by Gasteiger charge is 2.21. The molecular weight excluding hydrogens is 244 g/mol. The molecule has 0 amide bonds. The highest BCUT2D eigenvalue weighted by molar-refractivity contribution is 4.73. The van der Waals surface area contributed by atoms with Crippen molar-refractivity contribution in [2.75, 3.05) is 6.61 Å². The molecule has 1 fully saturated rings. The highest BCUT2D eigenvalue weighted by atomic mass is 16.5. The molecule has 0 saturated heterocycles. The molecule has 0 aromatic rings. The van der Waals surface area contributed by atoms with E-state index in [2.05, 4.69) is 13.8 Å². The maximum Gasteiger partial charge on any atom is 0.0575 e. The van der Waals surface area contributed by atoms with E-state index in [4.69, 9.17) is 4.74 Å². The minimum atomic E-state index is 0.560. The topological polar surface area (TPSA) is 9.23 Å². The van der Waals surface area contributed by atoms with Crippen LogP contribution in [0.1, 0.15) is 104 Å². The molecule has 0 aromatic heterocycles. The third-order valence-corrected chi connectivity index (χ3v) is 4.57. The van der Waals surface area contributed by atoms with E-state index in [1.165, 1.54) is 89.9 Å². The summed E-state index contributed by atoms with van der Waals surface area (Å²) in [6, 6.07) is 0. The molecule has 0 heterocycles. The molecule has 0 aromatic carbocycles. The lowest BCUT2D eigenvalue weighted by molar-refractivity contribution is 0.0359. The SMILES string of the molecule is CCCCCCCCOC(CCCC)CCCC1CC1. The second kappa shape index (κ2) is 12.7. The Morgan fingerprint density at radius 2 is 1.45 bits per heavy atom. The van der Waals surface area contributed by atoms with E-state index >= 15 is 0 Å². The van der Waals surface area contributed by atoms with Crippen molar-refractivity contribution in [2.24, 2.45) is 5.92 Å². The Labute approximate surface area is 127 Å². The number of rotatable bonds is 15. The summed E-state index contributed by atoms with van der Waals surface area (Å²) in [5, 5.41) is 0. The van der Waals surface area contributed by atoms with Gasteiger partial charge in [-0.25, -0.2) is 0 Å². The quantitative estimate of drug-likeness (QED) is 0.311. The first-order valence-corrected chi connectivity index (χ1v) is 9.48. The van der Waals surface area contributed by atoms with Crippen LogP contribution >= 0.6 is 0 Å². The zero-order chi connectivity index (χ0) is 14.5. The molecule has 1 rings (SSSR count). The number of hydrogen-bond acceptors (Lipinski definition) is 1. The van der Waals surface area contributed by atoms with Crippen LogP contribution in [0.4, 0.5) is 0 Å². The monoisotopic (exact) mass is 282 g/mol. The molecule has 0 aliphatic heterocycles. The standard InChI is InChI=1S/C19H38O/c1-3-5-7-8-9-10-17-20-19(13-6-4-2)14-11-12-18-15-16-18/h18-19H,3-17H2,1-2H3. The third-order valence-electron chi connectivity index (χ3n) is 4.57. The molecule has 1 saturated carbocycles. The summed E-state index contributed by atoms with van der Waals surface area (Å²) in [6.07, 6.45) is 19.9. The molecular formula is C19H38O. The maximum atomic E-state index is 6.15. The van der Waals surface area contributed by atoms with Crippen LogP contribution in [0.25, 0.3) is 0 Å². The van der Waals surface area contributed by atoms with Gasteiger partial charge in [-0.2, -0.15) is 0 Å². The molecule has 1 aliphatic rings. The van der Waals surface area contributed by atoms with E-state index in [0.717, 1.165) is 12.5 Å². The smallest absolute Gasteiger partial charge is 0.0575 e. The van der Waals surface area contributed by atoms with Crippen molar-refractivity contribution in [3.05, 3.63) is 0 Å². The van der Waals surface area contributed by atoms with Crippen LogP contribution in [0.2, 0.25) is 0 Å². The lowest BCUT2D eigenvalue weighted by Crippen LogP contribution is -2.14. The van der Waals surface area contributed by atoms with Gasteiger partial charge in [-0.05, 0) is 25.2 Å². The van der Waals surface area contributed by atoms with Crippen LogP contribution < -0.4 is 0 Å². The van der Waals surface area contributed by atoms with E-state index in [-0.39, 0.29) is 0 Å². The van der Waals surface area contributed by atoms with Gasteiger partial charge in [-0.3, -0.25) is 0 Å². The fraction of sp³-hybridized carbons (Fsp3) is 1.00. The average molecular weight is 283 g/mol. The van der Waals surface area contributed by atoms with Gasteiger partial charge >= 0.3 is 0 Å². The second-order valence-corrected chi connectivity index (χ2v) is 6.78. The van der Waals surface area contributed by atoms with E-state index in [1.807, 2.05) is 0 Å². The molecule has 1 nitrogen and oxygen atoms in total. The first kappa shape index (κ1) is 18.0. The summed E-state index contributed by atoms with van der Waals surface area (Å²) in [7, 11) is 0. The Hall–Kier alpha value is -0.0400. The first-order chi connectivity index (χ1) is 9.86. The van der Waals surface area contributed by atoms with Gasteiger partial charge < -0.3 is 4.74 Å².